The van der Waals surface area contributed by atoms with E-state index in [0.29, 0.717) is 16.5 Å². The molecule has 2 rings (SSSR count). The molecule has 160 valence electrons. The van der Waals surface area contributed by atoms with Crippen molar-refractivity contribution in [3.05, 3.63) is 46.4 Å². The van der Waals surface area contributed by atoms with Gasteiger partial charge in [0.2, 0.25) is 0 Å². The average molecular weight is 456 g/mol. The maximum atomic E-state index is 12.1. The summed E-state index contributed by atoms with van der Waals surface area (Å²) in [4.78, 5) is 36.2. The number of hydrazine groups is 1. The van der Waals surface area contributed by atoms with Crippen LogP contribution in [0.2, 0.25) is 10.0 Å². The molecule has 0 aliphatic heterocycles. The molecule has 0 unspecified atom stereocenters. The molecule has 0 bridgehead atoms. The highest BCUT2D eigenvalue weighted by atomic mass is 35.5. The van der Waals surface area contributed by atoms with Crippen molar-refractivity contribution in [2.75, 3.05) is 19.5 Å². The lowest BCUT2D eigenvalue weighted by atomic mass is 10.2. The topological polar surface area (TPSA) is 115 Å². The third-order valence-corrected chi connectivity index (χ3v) is 4.26. The number of ether oxygens (including phenoxy) is 3. The summed E-state index contributed by atoms with van der Waals surface area (Å²) in [5.74, 6) is -1.84. The maximum Gasteiger partial charge on any atom is 0.328 e. The Morgan fingerprint density at radius 1 is 0.900 bits per heavy atom. The zero-order chi connectivity index (χ0) is 22.3. The SMILES string of the molecule is COc1ccc(OC)c(NC(=O)C(=O)NNC(=O)[C@@H](C)Oc2ccc(Cl)cc2Cl)c1. The zero-order valence-corrected chi connectivity index (χ0v) is 17.8. The number of benzene rings is 2. The molecule has 2 aromatic rings. The number of methoxy groups -OCH3 is 2. The fourth-order valence-corrected chi connectivity index (χ4v) is 2.64. The lowest BCUT2D eigenvalue weighted by Gasteiger charge is -2.16. The molecule has 0 saturated heterocycles. The maximum absolute atomic E-state index is 12.1. The van der Waals surface area contributed by atoms with Crippen LogP contribution in [0.3, 0.4) is 0 Å². The monoisotopic (exact) mass is 455 g/mol. The van der Waals surface area contributed by atoms with Crippen LogP contribution in [-0.2, 0) is 14.4 Å². The van der Waals surface area contributed by atoms with E-state index >= 15 is 0 Å². The molecule has 3 N–H and O–H groups in total. The Labute approximate surface area is 182 Å². The van der Waals surface area contributed by atoms with Gasteiger partial charge in [-0.25, -0.2) is 0 Å². The first-order valence-electron chi connectivity index (χ1n) is 8.50. The quantitative estimate of drug-likeness (QED) is 0.455. The Morgan fingerprint density at radius 3 is 2.23 bits per heavy atom. The van der Waals surface area contributed by atoms with Crippen molar-refractivity contribution < 1.29 is 28.6 Å². The van der Waals surface area contributed by atoms with E-state index in [9.17, 15) is 14.4 Å². The van der Waals surface area contributed by atoms with Crippen LogP contribution in [0.25, 0.3) is 0 Å². The van der Waals surface area contributed by atoms with Crippen LogP contribution in [0, 0.1) is 0 Å². The summed E-state index contributed by atoms with van der Waals surface area (Å²) < 4.78 is 15.6. The lowest BCUT2D eigenvalue weighted by molar-refractivity contribution is -0.139. The molecule has 11 heteroatoms. The predicted octanol–water partition coefficient (Wildman–Crippen LogP) is 2.56. The van der Waals surface area contributed by atoms with Gasteiger partial charge in [0.25, 0.3) is 5.91 Å². The lowest BCUT2D eigenvalue weighted by Crippen LogP contribution is -2.50. The zero-order valence-electron chi connectivity index (χ0n) is 16.2. The van der Waals surface area contributed by atoms with Crippen molar-refractivity contribution in [3.63, 3.8) is 0 Å². The van der Waals surface area contributed by atoms with E-state index in [1.165, 1.54) is 39.3 Å². The van der Waals surface area contributed by atoms with Gasteiger partial charge in [-0.2, -0.15) is 0 Å². The first-order chi connectivity index (χ1) is 14.2. The smallest absolute Gasteiger partial charge is 0.328 e. The molecule has 0 saturated carbocycles. The number of anilines is 1. The van der Waals surface area contributed by atoms with E-state index in [1.807, 2.05) is 5.43 Å². The summed E-state index contributed by atoms with van der Waals surface area (Å²) in [6, 6.07) is 9.18. The fraction of sp³-hybridized carbons (Fsp3) is 0.211. The molecule has 0 fully saturated rings. The number of amides is 3. The minimum Gasteiger partial charge on any atom is -0.497 e. The van der Waals surface area contributed by atoms with Crippen molar-refractivity contribution in [1.82, 2.24) is 10.9 Å². The van der Waals surface area contributed by atoms with Crippen molar-refractivity contribution in [1.29, 1.82) is 0 Å². The van der Waals surface area contributed by atoms with Crippen molar-refractivity contribution in [2.24, 2.45) is 0 Å². The number of carbonyl (C=O) groups excluding carboxylic acids is 3. The first-order valence-corrected chi connectivity index (χ1v) is 9.25. The van der Waals surface area contributed by atoms with E-state index in [1.54, 1.807) is 18.2 Å². The number of halogens is 2. The Hall–Kier alpha value is -3.17. The van der Waals surface area contributed by atoms with Gasteiger partial charge in [-0.15, -0.1) is 0 Å². The largest absolute Gasteiger partial charge is 0.497 e. The summed E-state index contributed by atoms with van der Waals surface area (Å²) in [6.45, 7) is 1.44. The Balaban J connectivity index is 1.91. The number of nitrogens with one attached hydrogen (secondary N) is 3. The second-order valence-electron chi connectivity index (χ2n) is 5.80. The average Bonchev–Trinajstić information content (AvgIpc) is 2.73. The van der Waals surface area contributed by atoms with E-state index in [4.69, 9.17) is 37.4 Å². The summed E-state index contributed by atoms with van der Waals surface area (Å²) in [6.07, 6.45) is -1.02. The highest BCUT2D eigenvalue weighted by Crippen LogP contribution is 2.29. The highest BCUT2D eigenvalue weighted by Gasteiger charge is 2.20. The van der Waals surface area contributed by atoms with E-state index < -0.39 is 23.8 Å². The second-order valence-corrected chi connectivity index (χ2v) is 6.64. The van der Waals surface area contributed by atoms with Gasteiger partial charge in [-0.3, -0.25) is 25.2 Å². The molecule has 0 radical (unpaired) electrons. The van der Waals surface area contributed by atoms with Crippen molar-refractivity contribution in [3.8, 4) is 17.2 Å². The number of hydrogen-bond acceptors (Lipinski definition) is 6. The van der Waals surface area contributed by atoms with E-state index in [0.717, 1.165) is 0 Å². The summed E-state index contributed by atoms with van der Waals surface area (Å²) >= 11 is 11.8. The van der Waals surface area contributed by atoms with Gasteiger partial charge in [-0.05, 0) is 37.3 Å². The fourth-order valence-electron chi connectivity index (χ4n) is 2.18. The number of rotatable bonds is 6. The second kappa shape index (κ2) is 10.6. The van der Waals surface area contributed by atoms with Crippen LogP contribution < -0.4 is 30.4 Å². The van der Waals surface area contributed by atoms with Crippen LogP contribution in [0.4, 0.5) is 5.69 Å². The van der Waals surface area contributed by atoms with Gasteiger partial charge in [0.15, 0.2) is 6.10 Å². The van der Waals surface area contributed by atoms with Gasteiger partial charge in [-0.1, -0.05) is 23.2 Å². The van der Waals surface area contributed by atoms with Crippen LogP contribution in [0.5, 0.6) is 17.2 Å². The summed E-state index contributed by atoms with van der Waals surface area (Å²) in [7, 11) is 2.86. The van der Waals surface area contributed by atoms with E-state index in [-0.39, 0.29) is 16.5 Å². The molecule has 0 aromatic heterocycles. The molecular weight excluding hydrogens is 437 g/mol. The van der Waals surface area contributed by atoms with Gasteiger partial charge < -0.3 is 19.5 Å². The van der Waals surface area contributed by atoms with Crippen molar-refractivity contribution in [2.45, 2.75) is 13.0 Å². The number of hydrogen-bond donors (Lipinski definition) is 3. The van der Waals surface area contributed by atoms with Crippen LogP contribution in [-0.4, -0.2) is 38.0 Å². The predicted molar refractivity (Wildman–Crippen MR) is 111 cm³/mol. The standard InChI is InChI=1S/C19H19Cl2N3O6/c1-10(30-15-6-4-11(20)8-13(15)21)17(25)23-24-19(27)18(26)22-14-9-12(28-2)5-7-16(14)29-3/h4-10H,1-3H3,(H,22,26)(H,23,25)(H,24,27)/t10-/m1/s1. The van der Waals surface area contributed by atoms with Crippen molar-refractivity contribution >= 4 is 46.6 Å². The Bertz CT molecular complexity index is 954. The molecule has 1 atom stereocenters. The van der Waals surface area contributed by atoms with Gasteiger partial charge in [0, 0.05) is 11.1 Å². The molecular formula is C19H19Cl2N3O6. The third kappa shape index (κ3) is 6.16. The van der Waals surface area contributed by atoms with E-state index in [2.05, 4.69) is 10.7 Å². The van der Waals surface area contributed by atoms with Gasteiger partial charge in [0.05, 0.1) is 24.9 Å². The molecule has 3 amide bonds. The highest BCUT2D eigenvalue weighted by molar-refractivity contribution is 6.40. The Morgan fingerprint density at radius 2 is 1.60 bits per heavy atom. The molecule has 30 heavy (non-hydrogen) atoms. The normalized spacial score (nSPS) is 11.1. The van der Waals surface area contributed by atoms with Crippen LogP contribution in [0.1, 0.15) is 6.92 Å². The molecule has 0 spiro atoms. The Kier molecular flexibility index (Phi) is 8.14. The molecule has 0 aliphatic rings. The van der Waals surface area contributed by atoms with Crippen LogP contribution >= 0.6 is 23.2 Å². The van der Waals surface area contributed by atoms with Gasteiger partial charge >= 0.3 is 11.8 Å². The minimum absolute atomic E-state index is 0.220. The third-order valence-electron chi connectivity index (χ3n) is 3.73. The summed E-state index contributed by atoms with van der Waals surface area (Å²) in [5, 5.41) is 3.01. The minimum atomic E-state index is -1.11. The number of carbonyl (C=O) groups is 3. The molecule has 9 nitrogen and oxygen atoms in total. The summed E-state index contributed by atoms with van der Waals surface area (Å²) in [5.41, 5.74) is 4.32. The molecule has 2 aromatic carbocycles. The van der Waals surface area contributed by atoms with Crippen LogP contribution in [0.15, 0.2) is 36.4 Å². The molecule has 0 aliphatic carbocycles. The molecule has 0 heterocycles. The first kappa shape index (κ1) is 23.1. The van der Waals surface area contributed by atoms with Gasteiger partial charge in [0.1, 0.15) is 17.2 Å².